The first-order chi connectivity index (χ1) is 19.7. The lowest BCUT2D eigenvalue weighted by molar-refractivity contribution is -0.116. The van der Waals surface area contributed by atoms with Crippen LogP contribution in [0.2, 0.25) is 0 Å². The average molecular weight is 533 g/mol. The number of benzodiazepines with no additional fused rings is 1. The van der Waals surface area contributed by atoms with Gasteiger partial charge in [-0.05, 0) is 18.6 Å². The van der Waals surface area contributed by atoms with E-state index < -0.39 is 6.17 Å². The Hall–Kier alpha value is -4.92. The number of aromatic nitrogens is 3. The quantitative estimate of drug-likeness (QED) is 0.394. The fourth-order valence-electron chi connectivity index (χ4n) is 5.64. The Morgan fingerprint density at radius 3 is 2.80 bits per heavy atom. The first-order valence-electron chi connectivity index (χ1n) is 13.0. The van der Waals surface area contributed by atoms with Gasteiger partial charge in [0, 0.05) is 41.4 Å². The molecule has 2 saturated heterocycles. The minimum Gasteiger partial charge on any atom is -0.402 e. The average Bonchev–Trinajstić information content (AvgIpc) is 3.51. The van der Waals surface area contributed by atoms with Crippen molar-refractivity contribution in [2.75, 3.05) is 30.5 Å². The summed E-state index contributed by atoms with van der Waals surface area (Å²) in [4.78, 5) is 24.8. The van der Waals surface area contributed by atoms with Crippen LogP contribution in [0.5, 0.6) is 0 Å². The lowest BCUT2D eigenvalue weighted by Crippen LogP contribution is -2.35. The third-order valence-corrected chi connectivity index (χ3v) is 7.46. The largest absolute Gasteiger partial charge is 0.402 e. The van der Waals surface area contributed by atoms with Crippen molar-refractivity contribution in [2.45, 2.75) is 18.6 Å². The van der Waals surface area contributed by atoms with E-state index in [2.05, 4.69) is 36.8 Å². The standard InChI is InChI=1S/C29H24N8O3/c30-13-17-12-21(25-19-10-11-37(25)16-39-15-19)24(31-14-17)28-35-36-29(40-28)34-26-27(38)32-22-9-5-4-8-20(22)23(33-26)18-6-2-1-3-7-18/h1-9,12,14,19,25-26H,10-11,15-16H2,(H,32,38)(H,34,36)/t19?,25?,26-/m1/s1. The van der Waals surface area contributed by atoms with Crippen molar-refractivity contribution >= 4 is 23.3 Å². The fourth-order valence-corrected chi connectivity index (χ4v) is 5.64. The molecule has 0 spiro atoms. The second kappa shape index (κ2) is 10.00. The highest BCUT2D eigenvalue weighted by Crippen LogP contribution is 2.43. The van der Waals surface area contributed by atoms with E-state index in [4.69, 9.17) is 14.1 Å². The molecule has 3 aliphatic rings. The van der Waals surface area contributed by atoms with Gasteiger partial charge in [0.25, 0.3) is 11.8 Å². The molecule has 4 atom stereocenters. The van der Waals surface area contributed by atoms with E-state index in [0.717, 1.165) is 29.7 Å². The Morgan fingerprint density at radius 2 is 1.95 bits per heavy atom. The first-order valence-corrected chi connectivity index (χ1v) is 13.0. The summed E-state index contributed by atoms with van der Waals surface area (Å²) in [6.45, 7) is 2.08. The maximum absolute atomic E-state index is 13.2. The second-order valence-electron chi connectivity index (χ2n) is 9.92. The Morgan fingerprint density at radius 1 is 1.10 bits per heavy atom. The molecule has 0 saturated carbocycles. The molecule has 1 amide bonds. The number of fused-ring (bicyclic) bond motifs is 3. The number of nitrogens with zero attached hydrogens (tertiary/aromatic N) is 6. The molecular formula is C29H24N8O3. The number of nitriles is 1. The number of anilines is 2. The molecule has 3 unspecified atom stereocenters. The van der Waals surface area contributed by atoms with Crippen LogP contribution in [-0.2, 0) is 9.53 Å². The third kappa shape index (κ3) is 4.29. The van der Waals surface area contributed by atoms with Gasteiger partial charge in [0.1, 0.15) is 11.8 Å². The van der Waals surface area contributed by atoms with Crippen LogP contribution in [0, 0.1) is 17.2 Å². The maximum atomic E-state index is 13.2. The summed E-state index contributed by atoms with van der Waals surface area (Å²) in [5.74, 6) is 0.117. The molecule has 0 radical (unpaired) electrons. The number of pyridine rings is 1. The summed E-state index contributed by atoms with van der Waals surface area (Å²) in [7, 11) is 0. The van der Waals surface area contributed by atoms with Gasteiger partial charge in [-0.1, -0.05) is 53.6 Å². The number of hydrogen-bond acceptors (Lipinski definition) is 10. The number of rotatable bonds is 5. The van der Waals surface area contributed by atoms with Gasteiger partial charge in [-0.3, -0.25) is 9.69 Å². The molecule has 4 aromatic rings. The molecule has 2 bridgehead atoms. The van der Waals surface area contributed by atoms with E-state index in [0.29, 0.717) is 36.0 Å². The summed E-state index contributed by atoms with van der Waals surface area (Å²) in [6, 6.07) is 21.3. The molecule has 2 fully saturated rings. The number of carbonyl (C=O) groups is 1. The predicted molar refractivity (Wildman–Crippen MR) is 145 cm³/mol. The van der Waals surface area contributed by atoms with Crippen LogP contribution in [0.15, 0.2) is 76.3 Å². The van der Waals surface area contributed by atoms with E-state index >= 15 is 0 Å². The van der Waals surface area contributed by atoms with Gasteiger partial charge in [-0.15, -0.1) is 5.10 Å². The molecule has 5 heterocycles. The molecule has 3 aliphatic heterocycles. The molecular weight excluding hydrogens is 508 g/mol. The minimum absolute atomic E-state index is 0.0321. The maximum Gasteiger partial charge on any atom is 0.317 e. The van der Waals surface area contributed by atoms with Crippen molar-refractivity contribution in [3.05, 3.63) is 89.1 Å². The third-order valence-electron chi connectivity index (χ3n) is 7.46. The van der Waals surface area contributed by atoms with Crippen molar-refractivity contribution in [3.8, 4) is 17.7 Å². The monoisotopic (exact) mass is 532 g/mol. The van der Waals surface area contributed by atoms with Crippen LogP contribution in [-0.4, -0.2) is 57.7 Å². The highest BCUT2D eigenvalue weighted by atomic mass is 16.5. The van der Waals surface area contributed by atoms with Gasteiger partial charge in [0.2, 0.25) is 6.17 Å². The molecule has 11 nitrogen and oxygen atoms in total. The predicted octanol–water partition coefficient (Wildman–Crippen LogP) is 3.58. The van der Waals surface area contributed by atoms with E-state index in [1.54, 1.807) is 0 Å². The summed E-state index contributed by atoms with van der Waals surface area (Å²) in [5.41, 5.74) is 4.83. The van der Waals surface area contributed by atoms with Crippen LogP contribution >= 0.6 is 0 Å². The highest BCUT2D eigenvalue weighted by molar-refractivity contribution is 6.19. The molecule has 7 rings (SSSR count). The lowest BCUT2D eigenvalue weighted by Gasteiger charge is -2.33. The zero-order valence-corrected chi connectivity index (χ0v) is 21.3. The van der Waals surface area contributed by atoms with Crippen LogP contribution < -0.4 is 10.6 Å². The van der Waals surface area contributed by atoms with Crippen molar-refractivity contribution in [1.82, 2.24) is 20.1 Å². The van der Waals surface area contributed by atoms with Crippen LogP contribution in [0.25, 0.3) is 11.6 Å². The Kier molecular flexibility index (Phi) is 6.03. The minimum atomic E-state index is -1.03. The van der Waals surface area contributed by atoms with Gasteiger partial charge >= 0.3 is 6.01 Å². The Bertz CT molecular complexity index is 1650. The van der Waals surface area contributed by atoms with Gasteiger partial charge in [0.05, 0.1) is 30.3 Å². The molecule has 2 aromatic heterocycles. The number of nitrogens with one attached hydrogen (secondary N) is 2. The van der Waals surface area contributed by atoms with Crippen molar-refractivity contribution in [2.24, 2.45) is 10.9 Å². The Labute approximate surface area is 229 Å². The molecule has 11 heteroatoms. The Balaban J connectivity index is 1.23. The van der Waals surface area contributed by atoms with Gasteiger partial charge in [-0.25, -0.2) is 9.98 Å². The normalized spacial score (nSPS) is 23.4. The summed E-state index contributed by atoms with van der Waals surface area (Å²) in [6.07, 6.45) is 1.47. The molecule has 40 heavy (non-hydrogen) atoms. The van der Waals surface area contributed by atoms with Crippen LogP contribution in [0.1, 0.15) is 34.7 Å². The van der Waals surface area contributed by atoms with Crippen molar-refractivity contribution in [1.29, 1.82) is 5.26 Å². The van der Waals surface area contributed by atoms with Crippen LogP contribution in [0.4, 0.5) is 11.7 Å². The first kappa shape index (κ1) is 24.1. The SMILES string of the molecule is N#Cc1cnc(-c2nnc(N[C@H]3N=C(c4ccccc4)c4ccccc4NC3=O)o2)c(C2C3CCN2COC3)c1. The van der Waals surface area contributed by atoms with E-state index in [-0.39, 0.29) is 29.8 Å². The summed E-state index contributed by atoms with van der Waals surface area (Å²) >= 11 is 0. The highest BCUT2D eigenvalue weighted by Gasteiger charge is 2.41. The number of ether oxygens (including phenoxy) is 1. The molecule has 2 N–H and O–H groups in total. The number of benzene rings is 2. The van der Waals surface area contributed by atoms with Crippen molar-refractivity contribution < 1.29 is 13.9 Å². The second-order valence-corrected chi connectivity index (χ2v) is 9.92. The summed E-state index contributed by atoms with van der Waals surface area (Å²) in [5, 5.41) is 23.9. The molecule has 2 aromatic carbocycles. The van der Waals surface area contributed by atoms with E-state index in [1.807, 2.05) is 60.7 Å². The topological polar surface area (TPSA) is 142 Å². The van der Waals surface area contributed by atoms with Gasteiger partial charge in [0.15, 0.2) is 0 Å². The van der Waals surface area contributed by atoms with Crippen LogP contribution in [0.3, 0.4) is 0 Å². The summed E-state index contributed by atoms with van der Waals surface area (Å²) < 4.78 is 11.7. The zero-order chi connectivity index (χ0) is 27.1. The number of aliphatic imine (C=N–C) groups is 1. The number of hydrogen-bond donors (Lipinski definition) is 2. The van der Waals surface area contributed by atoms with Gasteiger partial charge < -0.3 is 19.8 Å². The lowest BCUT2D eigenvalue weighted by atomic mass is 9.91. The smallest absolute Gasteiger partial charge is 0.317 e. The van der Waals surface area contributed by atoms with E-state index in [1.165, 1.54) is 6.20 Å². The molecule has 0 aliphatic carbocycles. The number of carbonyl (C=O) groups excluding carboxylic acids is 1. The molecule has 198 valence electrons. The zero-order valence-electron chi connectivity index (χ0n) is 21.3. The van der Waals surface area contributed by atoms with E-state index in [9.17, 15) is 10.1 Å². The van der Waals surface area contributed by atoms with Gasteiger partial charge in [-0.2, -0.15) is 5.26 Å². The van der Waals surface area contributed by atoms with Crippen molar-refractivity contribution in [3.63, 3.8) is 0 Å². The number of amides is 1. The fraction of sp³-hybridized carbons (Fsp3) is 0.241. The number of para-hydroxylation sites is 1.